The van der Waals surface area contributed by atoms with Crippen molar-refractivity contribution in [2.75, 3.05) is 0 Å². The molecule has 0 rings (SSSR count). The first-order chi connectivity index (χ1) is 0. The Balaban J connectivity index is 0. The van der Waals surface area contributed by atoms with Gasteiger partial charge in [-0.25, -0.2) is 0 Å². The van der Waals surface area contributed by atoms with Crippen molar-refractivity contribution >= 4 is 54.4 Å². The van der Waals surface area contributed by atoms with Crippen molar-refractivity contribution in [2.45, 2.75) is 0 Å². The van der Waals surface area contributed by atoms with Crippen LogP contribution in [0.1, 0.15) is 0 Å². The van der Waals surface area contributed by atoms with Gasteiger partial charge in [-0.2, -0.15) is 0 Å². The van der Waals surface area contributed by atoms with Crippen LogP contribution < -0.4 is 0 Å². The van der Waals surface area contributed by atoms with Crippen molar-refractivity contribution < 1.29 is 17.1 Å². The second-order valence-electron chi connectivity index (χ2n) is 0. The molecule has 4 heavy (non-hydrogen) atoms. The van der Waals surface area contributed by atoms with Crippen molar-refractivity contribution in [2.24, 2.45) is 0 Å². The average molecular weight is 152 g/mol. The van der Waals surface area contributed by atoms with Gasteiger partial charge >= 0.3 is 29.6 Å². The fourth-order valence-corrected chi connectivity index (χ4v) is 0. The van der Waals surface area contributed by atoms with E-state index in [9.17, 15) is 0 Å². The SMILES string of the molecule is Cl.Cl.[Mn].[NaH]. The van der Waals surface area contributed by atoms with Crippen LogP contribution in [-0.2, 0) is 17.1 Å². The zero-order chi connectivity index (χ0) is 0. The fourth-order valence-electron chi connectivity index (χ4n) is 0. The molecule has 4 heteroatoms. The maximum atomic E-state index is 0. The Morgan fingerprint density at radius 2 is 0.750 bits per heavy atom. The molecule has 0 nitrogen and oxygen atoms in total. The van der Waals surface area contributed by atoms with E-state index in [0.717, 1.165) is 0 Å². The van der Waals surface area contributed by atoms with Crippen molar-refractivity contribution in [3.05, 3.63) is 0 Å². The van der Waals surface area contributed by atoms with Gasteiger partial charge in [-0.3, -0.25) is 0 Å². The van der Waals surface area contributed by atoms with Crippen molar-refractivity contribution in [3.8, 4) is 0 Å². The summed E-state index contributed by atoms with van der Waals surface area (Å²) in [5.74, 6) is 0. The van der Waals surface area contributed by atoms with Crippen LogP contribution in [0.15, 0.2) is 0 Å². The molecule has 0 aliphatic heterocycles. The van der Waals surface area contributed by atoms with Crippen LogP contribution in [0.2, 0.25) is 0 Å². The Bertz CT molecular complexity index is 6.00. The van der Waals surface area contributed by atoms with Gasteiger partial charge in [-0.15, -0.1) is 24.8 Å². The van der Waals surface area contributed by atoms with Crippen molar-refractivity contribution in [1.29, 1.82) is 0 Å². The molecule has 0 N–H and O–H groups in total. The summed E-state index contributed by atoms with van der Waals surface area (Å²) in [5.41, 5.74) is 0. The monoisotopic (exact) mass is 151 g/mol. The van der Waals surface area contributed by atoms with E-state index in [1.54, 1.807) is 0 Å². The van der Waals surface area contributed by atoms with Crippen molar-refractivity contribution in [3.63, 3.8) is 0 Å². The Morgan fingerprint density at radius 1 is 0.750 bits per heavy atom. The zero-order valence-electron chi connectivity index (χ0n) is 1.19. The normalized spacial score (nSPS) is 0. The first-order valence-corrected chi connectivity index (χ1v) is 0. The summed E-state index contributed by atoms with van der Waals surface area (Å²) in [7, 11) is 0. The summed E-state index contributed by atoms with van der Waals surface area (Å²) in [6.45, 7) is 0. The molecule has 0 unspecified atom stereocenters. The third-order valence-electron chi connectivity index (χ3n) is 0. The van der Waals surface area contributed by atoms with Crippen LogP contribution in [0.4, 0.5) is 0 Å². The summed E-state index contributed by atoms with van der Waals surface area (Å²) < 4.78 is 0. The summed E-state index contributed by atoms with van der Waals surface area (Å²) in [5, 5.41) is 0. The Hall–Kier alpha value is 2.10. The van der Waals surface area contributed by atoms with Gasteiger partial charge in [-0.1, -0.05) is 0 Å². The minimum atomic E-state index is 0. The molecular formula is H3Cl2MnNa. The molecule has 0 heterocycles. The molecule has 0 amide bonds. The zero-order valence-corrected chi connectivity index (χ0v) is 4.01. The summed E-state index contributed by atoms with van der Waals surface area (Å²) in [6, 6.07) is 0. The van der Waals surface area contributed by atoms with Gasteiger partial charge in [0.2, 0.25) is 0 Å². The first kappa shape index (κ1) is 36.0. The molecule has 0 aromatic heterocycles. The van der Waals surface area contributed by atoms with Gasteiger partial charge in [0.05, 0.1) is 0 Å². The fraction of sp³-hybridized carbons (Fsp3) is 0. The van der Waals surface area contributed by atoms with E-state index in [1.807, 2.05) is 0 Å². The minimum absolute atomic E-state index is 0. The van der Waals surface area contributed by atoms with E-state index in [2.05, 4.69) is 0 Å². The predicted octanol–water partition coefficient (Wildman–Crippen LogP) is 0.193. The van der Waals surface area contributed by atoms with Gasteiger partial charge in [0.25, 0.3) is 0 Å². The average Bonchev–Trinajstić information content (AvgIpc) is 0. The molecule has 0 aliphatic carbocycles. The number of rotatable bonds is 0. The standard InChI is InChI=1S/2ClH.Mn.Na.H/h2*1H;;;. The van der Waals surface area contributed by atoms with Crippen molar-refractivity contribution in [1.82, 2.24) is 0 Å². The molecule has 0 fully saturated rings. The molecule has 0 aliphatic rings. The van der Waals surface area contributed by atoms with E-state index in [0.29, 0.717) is 0 Å². The van der Waals surface area contributed by atoms with Crippen LogP contribution in [0.25, 0.3) is 0 Å². The van der Waals surface area contributed by atoms with E-state index in [-0.39, 0.29) is 71.4 Å². The summed E-state index contributed by atoms with van der Waals surface area (Å²) in [6.07, 6.45) is 0. The molecule has 0 saturated heterocycles. The van der Waals surface area contributed by atoms with Gasteiger partial charge < -0.3 is 0 Å². The van der Waals surface area contributed by atoms with Gasteiger partial charge in [0.15, 0.2) is 0 Å². The van der Waals surface area contributed by atoms with Gasteiger partial charge in [-0.05, 0) is 0 Å². The van der Waals surface area contributed by atoms with E-state index in [1.165, 1.54) is 0 Å². The number of halogens is 2. The van der Waals surface area contributed by atoms with E-state index >= 15 is 0 Å². The number of hydrogen-bond acceptors (Lipinski definition) is 0. The second kappa shape index (κ2) is 19.4. The molecule has 0 spiro atoms. The molecule has 0 atom stereocenters. The molecule has 25 valence electrons. The van der Waals surface area contributed by atoms with Crippen LogP contribution in [-0.4, -0.2) is 29.6 Å². The Kier molecular flexibility index (Phi) is 175. The number of hydrogen-bond donors (Lipinski definition) is 0. The Labute approximate surface area is 70.7 Å². The predicted molar refractivity (Wildman–Crippen MR) is 21.6 cm³/mol. The van der Waals surface area contributed by atoms with Gasteiger partial charge in [0, 0.05) is 17.1 Å². The molecular weight excluding hydrogens is 149 g/mol. The molecule has 0 aromatic rings. The second-order valence-corrected chi connectivity index (χ2v) is 0. The topological polar surface area (TPSA) is 0 Å². The maximum absolute atomic E-state index is 0. The molecule has 0 saturated carbocycles. The third kappa shape index (κ3) is 8.93. The summed E-state index contributed by atoms with van der Waals surface area (Å²) in [4.78, 5) is 0. The third-order valence-corrected chi connectivity index (χ3v) is 0. The summed E-state index contributed by atoms with van der Waals surface area (Å²) >= 11 is 0. The van der Waals surface area contributed by atoms with Gasteiger partial charge in [0.1, 0.15) is 0 Å². The van der Waals surface area contributed by atoms with Crippen LogP contribution in [0, 0.1) is 0 Å². The Morgan fingerprint density at radius 3 is 0.750 bits per heavy atom. The van der Waals surface area contributed by atoms with E-state index in [4.69, 9.17) is 0 Å². The van der Waals surface area contributed by atoms with Crippen LogP contribution in [0.3, 0.4) is 0 Å². The molecule has 0 bridgehead atoms. The molecule has 0 aromatic carbocycles. The molecule has 1 radical (unpaired) electrons. The quantitative estimate of drug-likeness (QED) is 0.434. The van der Waals surface area contributed by atoms with Crippen LogP contribution in [0.5, 0.6) is 0 Å². The van der Waals surface area contributed by atoms with Crippen LogP contribution >= 0.6 is 24.8 Å². The van der Waals surface area contributed by atoms with E-state index < -0.39 is 0 Å². The first-order valence-electron chi connectivity index (χ1n) is 0.